The van der Waals surface area contributed by atoms with E-state index in [4.69, 9.17) is 5.73 Å². The lowest BCUT2D eigenvalue weighted by Crippen LogP contribution is -2.58. The number of carboxylic acid groups (broad SMARTS) is 1. The SMILES string of the molecule is CCC(C)C(NC(=O)C(Cc1ccccc1)NC(=O)C(CCSC)NC(=O)C(N)C(C)C)C(=O)O. The van der Waals surface area contributed by atoms with Crippen LogP contribution in [0, 0.1) is 11.8 Å². The van der Waals surface area contributed by atoms with Crippen molar-refractivity contribution in [2.45, 2.75) is 71.1 Å². The Hall–Kier alpha value is -2.59. The lowest BCUT2D eigenvalue weighted by Gasteiger charge is -2.27. The summed E-state index contributed by atoms with van der Waals surface area (Å²) in [5, 5.41) is 17.6. The number of benzene rings is 1. The summed E-state index contributed by atoms with van der Waals surface area (Å²) in [5.74, 6) is -2.48. The summed E-state index contributed by atoms with van der Waals surface area (Å²) in [6.07, 6.45) is 2.98. The average molecular weight is 509 g/mol. The third-order valence-corrected chi connectivity index (χ3v) is 6.60. The summed E-state index contributed by atoms with van der Waals surface area (Å²) in [7, 11) is 0. The maximum atomic E-state index is 13.2. The van der Waals surface area contributed by atoms with Crippen LogP contribution >= 0.6 is 11.8 Å². The summed E-state index contributed by atoms with van der Waals surface area (Å²) >= 11 is 1.53. The number of rotatable bonds is 15. The van der Waals surface area contributed by atoms with Crippen LogP contribution in [0.4, 0.5) is 0 Å². The molecular weight excluding hydrogens is 468 g/mol. The molecule has 0 aliphatic carbocycles. The summed E-state index contributed by atoms with van der Waals surface area (Å²) in [5.41, 5.74) is 6.75. The maximum Gasteiger partial charge on any atom is 0.326 e. The van der Waals surface area contributed by atoms with Crippen molar-refractivity contribution >= 4 is 35.5 Å². The number of aliphatic carboxylic acids is 1. The van der Waals surface area contributed by atoms with Crippen LogP contribution in [0.15, 0.2) is 30.3 Å². The van der Waals surface area contributed by atoms with Crippen molar-refractivity contribution in [3.05, 3.63) is 35.9 Å². The Kier molecular flexibility index (Phi) is 13.4. The quantitative estimate of drug-likeness (QED) is 0.241. The van der Waals surface area contributed by atoms with Crippen LogP contribution in [0.25, 0.3) is 0 Å². The molecule has 9 nitrogen and oxygen atoms in total. The molecule has 5 unspecified atom stereocenters. The summed E-state index contributed by atoms with van der Waals surface area (Å²) in [4.78, 5) is 50.7. The minimum Gasteiger partial charge on any atom is -0.480 e. The first-order valence-corrected chi connectivity index (χ1v) is 13.3. The zero-order valence-corrected chi connectivity index (χ0v) is 22.1. The zero-order chi connectivity index (χ0) is 26.5. The van der Waals surface area contributed by atoms with Gasteiger partial charge in [0.2, 0.25) is 17.7 Å². The van der Waals surface area contributed by atoms with E-state index in [0.717, 1.165) is 5.56 Å². The van der Waals surface area contributed by atoms with Gasteiger partial charge in [0.25, 0.3) is 0 Å². The minimum absolute atomic E-state index is 0.107. The highest BCUT2D eigenvalue weighted by Crippen LogP contribution is 2.11. The largest absolute Gasteiger partial charge is 0.480 e. The Labute approximate surface area is 212 Å². The fraction of sp³-hybridized carbons (Fsp3) is 0.600. The third-order valence-electron chi connectivity index (χ3n) is 5.96. The second-order valence-corrected chi connectivity index (χ2v) is 10.1. The molecule has 0 spiro atoms. The van der Waals surface area contributed by atoms with E-state index < -0.39 is 47.9 Å². The minimum atomic E-state index is -1.13. The van der Waals surface area contributed by atoms with Crippen molar-refractivity contribution in [2.75, 3.05) is 12.0 Å². The Morgan fingerprint density at radius 2 is 1.51 bits per heavy atom. The van der Waals surface area contributed by atoms with Gasteiger partial charge >= 0.3 is 5.97 Å². The average Bonchev–Trinajstić information content (AvgIpc) is 2.83. The number of hydrogen-bond donors (Lipinski definition) is 5. The molecule has 1 rings (SSSR count). The molecule has 1 aromatic carbocycles. The maximum absolute atomic E-state index is 13.2. The molecule has 0 radical (unpaired) electrons. The van der Waals surface area contributed by atoms with E-state index in [0.29, 0.717) is 18.6 Å². The van der Waals surface area contributed by atoms with Crippen LogP contribution in [-0.4, -0.2) is 65.0 Å². The molecule has 10 heteroatoms. The highest BCUT2D eigenvalue weighted by Gasteiger charge is 2.32. The van der Waals surface area contributed by atoms with Crippen LogP contribution in [-0.2, 0) is 25.6 Å². The molecule has 0 heterocycles. The van der Waals surface area contributed by atoms with Crippen LogP contribution < -0.4 is 21.7 Å². The first-order chi connectivity index (χ1) is 16.5. The number of hydrogen-bond acceptors (Lipinski definition) is 6. The molecule has 35 heavy (non-hydrogen) atoms. The molecule has 196 valence electrons. The van der Waals surface area contributed by atoms with E-state index in [9.17, 15) is 24.3 Å². The van der Waals surface area contributed by atoms with Gasteiger partial charge in [0.05, 0.1) is 6.04 Å². The fourth-order valence-electron chi connectivity index (χ4n) is 3.34. The molecule has 0 aliphatic rings. The lowest BCUT2D eigenvalue weighted by atomic mass is 9.98. The highest BCUT2D eigenvalue weighted by molar-refractivity contribution is 7.98. The molecule has 1 aromatic rings. The van der Waals surface area contributed by atoms with Crippen LogP contribution in [0.1, 0.15) is 46.1 Å². The van der Waals surface area contributed by atoms with E-state index in [1.807, 2.05) is 57.4 Å². The standard InChI is InChI=1S/C25H40N4O5S/c1-6-16(4)21(25(33)34)29-23(31)19(14-17-10-8-7-9-11-17)28-22(30)18(12-13-35-5)27-24(32)20(26)15(2)3/h7-11,15-16,18-21H,6,12-14,26H2,1-5H3,(H,27,32)(H,28,30)(H,29,31)(H,33,34). The monoisotopic (exact) mass is 508 g/mol. The first kappa shape index (κ1) is 30.4. The normalized spacial score (nSPS) is 15.4. The lowest BCUT2D eigenvalue weighted by molar-refractivity contribution is -0.143. The summed E-state index contributed by atoms with van der Waals surface area (Å²) in [6, 6.07) is 5.37. The van der Waals surface area contributed by atoms with Crippen molar-refractivity contribution in [2.24, 2.45) is 17.6 Å². The Balaban J connectivity index is 3.13. The van der Waals surface area contributed by atoms with Crippen molar-refractivity contribution in [3.8, 4) is 0 Å². The molecule has 0 saturated carbocycles. The van der Waals surface area contributed by atoms with Gasteiger partial charge in [-0.15, -0.1) is 0 Å². The van der Waals surface area contributed by atoms with Crippen LogP contribution in [0.2, 0.25) is 0 Å². The van der Waals surface area contributed by atoms with Crippen molar-refractivity contribution in [1.82, 2.24) is 16.0 Å². The van der Waals surface area contributed by atoms with Gasteiger partial charge in [-0.2, -0.15) is 11.8 Å². The number of nitrogens with one attached hydrogen (secondary N) is 3. The van der Waals surface area contributed by atoms with Gasteiger partial charge in [0.15, 0.2) is 0 Å². The van der Waals surface area contributed by atoms with E-state index in [-0.39, 0.29) is 18.3 Å². The number of nitrogens with two attached hydrogens (primary N) is 1. The molecule has 3 amide bonds. The molecule has 0 saturated heterocycles. The zero-order valence-electron chi connectivity index (χ0n) is 21.2. The predicted molar refractivity (Wildman–Crippen MR) is 139 cm³/mol. The summed E-state index contributed by atoms with van der Waals surface area (Å²) in [6.45, 7) is 7.22. The number of carboxylic acids is 1. The number of carbonyl (C=O) groups is 4. The van der Waals surface area contributed by atoms with E-state index in [2.05, 4.69) is 16.0 Å². The van der Waals surface area contributed by atoms with Gasteiger partial charge in [0, 0.05) is 6.42 Å². The van der Waals surface area contributed by atoms with Gasteiger partial charge in [-0.3, -0.25) is 14.4 Å². The number of carbonyl (C=O) groups excluding carboxylic acids is 3. The Bertz CT molecular complexity index is 836. The van der Waals surface area contributed by atoms with Gasteiger partial charge in [-0.05, 0) is 35.8 Å². The van der Waals surface area contributed by atoms with Gasteiger partial charge < -0.3 is 26.8 Å². The molecule has 0 aromatic heterocycles. The molecule has 0 aliphatic heterocycles. The molecule has 0 fully saturated rings. The van der Waals surface area contributed by atoms with Crippen molar-refractivity contribution in [1.29, 1.82) is 0 Å². The predicted octanol–water partition coefficient (Wildman–Crippen LogP) is 1.55. The van der Waals surface area contributed by atoms with Crippen LogP contribution in [0.5, 0.6) is 0 Å². The summed E-state index contributed by atoms with van der Waals surface area (Å²) < 4.78 is 0. The van der Waals surface area contributed by atoms with Crippen molar-refractivity contribution in [3.63, 3.8) is 0 Å². The molecular formula is C25H40N4O5S. The van der Waals surface area contributed by atoms with Crippen LogP contribution in [0.3, 0.4) is 0 Å². The Morgan fingerprint density at radius 1 is 0.943 bits per heavy atom. The Morgan fingerprint density at radius 3 is 2.03 bits per heavy atom. The number of thioether (sulfide) groups is 1. The molecule has 5 atom stereocenters. The second-order valence-electron chi connectivity index (χ2n) is 9.07. The molecule has 0 bridgehead atoms. The number of amides is 3. The smallest absolute Gasteiger partial charge is 0.326 e. The van der Waals surface area contributed by atoms with E-state index >= 15 is 0 Å². The van der Waals surface area contributed by atoms with Gasteiger partial charge in [0.1, 0.15) is 18.1 Å². The van der Waals surface area contributed by atoms with Crippen molar-refractivity contribution < 1.29 is 24.3 Å². The second kappa shape index (κ2) is 15.4. The molecule has 6 N–H and O–H groups in total. The highest BCUT2D eigenvalue weighted by atomic mass is 32.2. The van der Waals surface area contributed by atoms with E-state index in [1.165, 1.54) is 11.8 Å². The third kappa shape index (κ3) is 10.3. The van der Waals surface area contributed by atoms with Gasteiger partial charge in [-0.25, -0.2) is 4.79 Å². The fourth-order valence-corrected chi connectivity index (χ4v) is 3.81. The first-order valence-electron chi connectivity index (χ1n) is 11.9. The van der Waals surface area contributed by atoms with E-state index in [1.54, 1.807) is 6.92 Å². The topological polar surface area (TPSA) is 151 Å². The van der Waals surface area contributed by atoms with Gasteiger partial charge in [-0.1, -0.05) is 64.4 Å².